The minimum Gasteiger partial charge on any atom is -0.380 e. The lowest BCUT2D eigenvalue weighted by molar-refractivity contribution is -0.123. The number of hydrogen-bond donors (Lipinski definition) is 2. The Morgan fingerprint density at radius 3 is 2.70 bits per heavy atom. The molecule has 0 saturated carbocycles. The third-order valence-corrected chi connectivity index (χ3v) is 4.00. The molecule has 0 aliphatic carbocycles. The molecule has 2 N–H and O–H groups in total. The molecule has 0 bridgehead atoms. The molecule has 1 aromatic rings. The van der Waals surface area contributed by atoms with Crippen molar-refractivity contribution in [2.24, 2.45) is 0 Å². The number of nitrogens with one attached hydrogen (secondary N) is 2. The summed E-state index contributed by atoms with van der Waals surface area (Å²) in [5.41, 5.74) is 1.16. The van der Waals surface area contributed by atoms with Gasteiger partial charge >= 0.3 is 0 Å². The van der Waals surface area contributed by atoms with Crippen LogP contribution >= 0.6 is 0 Å². The van der Waals surface area contributed by atoms with Crippen molar-refractivity contribution in [3.63, 3.8) is 0 Å². The van der Waals surface area contributed by atoms with E-state index in [-0.39, 0.29) is 23.5 Å². The fourth-order valence-corrected chi connectivity index (χ4v) is 2.51. The standard InChI is InChI=1S/C16H24N2O2/c1-16(2,12-7-5-4-6-8-12)11-18-15(19)14-9-13(20-3)10-17-14/h4-8,13-14,17H,9-11H2,1-3H3,(H,18,19). The van der Waals surface area contributed by atoms with Gasteiger partial charge < -0.3 is 15.4 Å². The van der Waals surface area contributed by atoms with E-state index in [1.54, 1.807) is 7.11 Å². The number of carbonyl (C=O) groups is 1. The fraction of sp³-hybridized carbons (Fsp3) is 0.562. The van der Waals surface area contributed by atoms with Gasteiger partial charge in [-0.3, -0.25) is 4.79 Å². The van der Waals surface area contributed by atoms with Crippen LogP contribution in [0, 0.1) is 0 Å². The third kappa shape index (κ3) is 3.58. The summed E-state index contributed by atoms with van der Waals surface area (Å²) < 4.78 is 5.26. The zero-order valence-electron chi connectivity index (χ0n) is 12.5. The van der Waals surface area contributed by atoms with Gasteiger partial charge in [-0.15, -0.1) is 0 Å². The second kappa shape index (κ2) is 6.37. The number of carbonyl (C=O) groups excluding carboxylic acids is 1. The summed E-state index contributed by atoms with van der Waals surface area (Å²) in [7, 11) is 1.69. The Hall–Kier alpha value is -1.39. The molecule has 110 valence electrons. The molecule has 2 rings (SSSR count). The van der Waals surface area contributed by atoms with E-state index >= 15 is 0 Å². The first kappa shape index (κ1) is 15.0. The van der Waals surface area contributed by atoms with Crippen LogP contribution < -0.4 is 10.6 Å². The summed E-state index contributed by atoms with van der Waals surface area (Å²) in [5, 5.41) is 6.25. The first-order valence-corrected chi connectivity index (χ1v) is 7.12. The molecular weight excluding hydrogens is 252 g/mol. The average molecular weight is 276 g/mol. The van der Waals surface area contributed by atoms with Gasteiger partial charge in [0.2, 0.25) is 5.91 Å². The second-order valence-electron chi connectivity index (χ2n) is 6.02. The molecule has 4 nitrogen and oxygen atoms in total. The number of methoxy groups -OCH3 is 1. The lowest BCUT2D eigenvalue weighted by Crippen LogP contribution is -2.45. The highest BCUT2D eigenvalue weighted by Gasteiger charge is 2.30. The number of hydrogen-bond acceptors (Lipinski definition) is 3. The van der Waals surface area contributed by atoms with Gasteiger partial charge in [-0.2, -0.15) is 0 Å². The van der Waals surface area contributed by atoms with E-state index in [2.05, 4.69) is 36.6 Å². The summed E-state index contributed by atoms with van der Waals surface area (Å²) in [6.07, 6.45) is 0.890. The van der Waals surface area contributed by atoms with Crippen LogP contribution in [0.3, 0.4) is 0 Å². The van der Waals surface area contributed by atoms with Gasteiger partial charge in [-0.05, 0) is 12.0 Å². The Bertz CT molecular complexity index is 445. The van der Waals surface area contributed by atoms with Crippen LogP contribution in [0.4, 0.5) is 0 Å². The zero-order valence-corrected chi connectivity index (χ0v) is 12.5. The van der Waals surface area contributed by atoms with Crippen molar-refractivity contribution in [1.82, 2.24) is 10.6 Å². The minimum absolute atomic E-state index is 0.0635. The molecule has 1 fully saturated rings. The van der Waals surface area contributed by atoms with Crippen LogP contribution in [0.1, 0.15) is 25.8 Å². The predicted molar refractivity (Wildman–Crippen MR) is 79.7 cm³/mol. The van der Waals surface area contributed by atoms with Crippen molar-refractivity contribution in [3.8, 4) is 0 Å². The highest BCUT2D eigenvalue weighted by Crippen LogP contribution is 2.21. The largest absolute Gasteiger partial charge is 0.380 e. The van der Waals surface area contributed by atoms with Gasteiger partial charge in [-0.25, -0.2) is 0 Å². The van der Waals surface area contributed by atoms with E-state index in [1.807, 2.05) is 18.2 Å². The molecule has 20 heavy (non-hydrogen) atoms. The maximum absolute atomic E-state index is 12.2. The molecule has 0 aromatic heterocycles. The van der Waals surface area contributed by atoms with Crippen LogP contribution in [0.5, 0.6) is 0 Å². The van der Waals surface area contributed by atoms with E-state index in [1.165, 1.54) is 5.56 Å². The third-order valence-electron chi connectivity index (χ3n) is 4.00. The fourth-order valence-electron chi connectivity index (χ4n) is 2.51. The summed E-state index contributed by atoms with van der Waals surface area (Å²) in [5.74, 6) is 0.0635. The second-order valence-corrected chi connectivity index (χ2v) is 6.02. The zero-order chi connectivity index (χ0) is 14.6. The predicted octanol–water partition coefficient (Wildman–Crippen LogP) is 1.46. The van der Waals surface area contributed by atoms with Gasteiger partial charge in [0.15, 0.2) is 0 Å². The number of ether oxygens (including phenoxy) is 1. The van der Waals surface area contributed by atoms with Crippen molar-refractivity contribution in [2.45, 2.75) is 37.8 Å². The molecule has 1 aliphatic heterocycles. The lowest BCUT2D eigenvalue weighted by atomic mass is 9.84. The monoisotopic (exact) mass is 276 g/mol. The molecule has 1 amide bonds. The van der Waals surface area contributed by atoms with Gasteiger partial charge in [0, 0.05) is 25.6 Å². The molecule has 1 aromatic carbocycles. The average Bonchev–Trinajstić information content (AvgIpc) is 2.95. The molecule has 2 atom stereocenters. The van der Waals surface area contributed by atoms with Crippen molar-refractivity contribution in [1.29, 1.82) is 0 Å². The highest BCUT2D eigenvalue weighted by atomic mass is 16.5. The van der Waals surface area contributed by atoms with E-state index in [0.29, 0.717) is 6.54 Å². The lowest BCUT2D eigenvalue weighted by Gasteiger charge is -2.26. The van der Waals surface area contributed by atoms with Crippen molar-refractivity contribution in [2.75, 3.05) is 20.2 Å². The van der Waals surface area contributed by atoms with Gasteiger partial charge in [0.25, 0.3) is 0 Å². The Morgan fingerprint density at radius 2 is 2.10 bits per heavy atom. The maximum Gasteiger partial charge on any atom is 0.237 e. The van der Waals surface area contributed by atoms with Crippen LogP contribution in [0.2, 0.25) is 0 Å². The first-order valence-electron chi connectivity index (χ1n) is 7.12. The molecule has 1 aliphatic rings. The van der Waals surface area contributed by atoms with E-state index < -0.39 is 0 Å². The van der Waals surface area contributed by atoms with Crippen LogP contribution in [-0.2, 0) is 14.9 Å². The molecule has 0 spiro atoms. The topological polar surface area (TPSA) is 50.4 Å². The van der Waals surface area contributed by atoms with Gasteiger partial charge in [0.1, 0.15) is 0 Å². The maximum atomic E-state index is 12.2. The highest BCUT2D eigenvalue weighted by molar-refractivity contribution is 5.82. The minimum atomic E-state index is -0.133. The Labute approximate surface area is 120 Å². The van der Waals surface area contributed by atoms with E-state index in [4.69, 9.17) is 4.74 Å². The quantitative estimate of drug-likeness (QED) is 0.856. The van der Waals surface area contributed by atoms with Crippen LogP contribution in [0.15, 0.2) is 30.3 Å². The summed E-state index contributed by atoms with van der Waals surface area (Å²) in [4.78, 5) is 12.2. The van der Waals surface area contributed by atoms with E-state index in [9.17, 15) is 4.79 Å². The molecule has 1 heterocycles. The number of benzene rings is 1. The van der Waals surface area contributed by atoms with Crippen molar-refractivity contribution < 1.29 is 9.53 Å². The Balaban J connectivity index is 1.87. The Morgan fingerprint density at radius 1 is 1.40 bits per heavy atom. The number of amides is 1. The first-order chi connectivity index (χ1) is 9.53. The van der Waals surface area contributed by atoms with Crippen molar-refractivity contribution >= 4 is 5.91 Å². The van der Waals surface area contributed by atoms with Gasteiger partial charge in [-0.1, -0.05) is 44.2 Å². The normalized spacial score (nSPS) is 22.8. The molecule has 0 radical (unpaired) electrons. The summed E-state index contributed by atoms with van der Waals surface area (Å²) in [6.45, 7) is 5.66. The van der Waals surface area contributed by atoms with Gasteiger partial charge in [0.05, 0.1) is 12.1 Å². The van der Waals surface area contributed by atoms with Crippen molar-refractivity contribution in [3.05, 3.63) is 35.9 Å². The number of rotatable bonds is 5. The van der Waals surface area contributed by atoms with E-state index in [0.717, 1.165) is 13.0 Å². The molecule has 2 unspecified atom stereocenters. The SMILES string of the molecule is COC1CNC(C(=O)NCC(C)(C)c2ccccc2)C1. The van der Waals surface area contributed by atoms with Crippen LogP contribution in [-0.4, -0.2) is 38.3 Å². The molecular formula is C16H24N2O2. The summed E-state index contributed by atoms with van der Waals surface area (Å²) >= 11 is 0. The smallest absolute Gasteiger partial charge is 0.237 e. The Kier molecular flexibility index (Phi) is 4.78. The summed E-state index contributed by atoms with van der Waals surface area (Å²) in [6, 6.07) is 10.1. The molecule has 4 heteroatoms. The molecule has 1 saturated heterocycles. The van der Waals surface area contributed by atoms with Crippen LogP contribution in [0.25, 0.3) is 0 Å².